The van der Waals surface area contributed by atoms with Gasteiger partial charge in [0.05, 0.1) is 19.9 Å². The Kier molecular flexibility index (Phi) is 3.66. The molecule has 0 atom stereocenters. The van der Waals surface area contributed by atoms with Gasteiger partial charge >= 0.3 is 0 Å². The molecule has 0 heterocycles. The largest absolute Gasteiger partial charge is 0.496 e. The second kappa shape index (κ2) is 5.06. The maximum atomic E-state index is 5.79. The molecule has 4 heteroatoms. The van der Waals surface area contributed by atoms with Gasteiger partial charge in [0.2, 0.25) is 0 Å². The highest BCUT2D eigenvalue weighted by Crippen LogP contribution is 2.45. The van der Waals surface area contributed by atoms with E-state index in [1.54, 1.807) is 14.2 Å². The smallest absolute Gasteiger partial charge is 0.148 e. The van der Waals surface area contributed by atoms with Gasteiger partial charge in [-0.05, 0) is 43.9 Å². The Morgan fingerprint density at radius 3 is 2.50 bits per heavy atom. The molecule has 4 nitrogen and oxygen atoms in total. The number of benzene rings is 1. The lowest BCUT2D eigenvalue weighted by Gasteiger charge is -2.18. The van der Waals surface area contributed by atoms with Crippen molar-refractivity contribution in [3.05, 3.63) is 17.7 Å². The summed E-state index contributed by atoms with van der Waals surface area (Å²) in [5.41, 5.74) is 8.12. The van der Waals surface area contributed by atoms with Crippen LogP contribution in [-0.2, 0) is 0 Å². The summed E-state index contributed by atoms with van der Waals surface area (Å²) in [7, 11) is 3.35. The van der Waals surface area contributed by atoms with E-state index in [2.05, 4.69) is 5.32 Å². The standard InChI is InChI=1S/C14H22N2O2/c1-10-12(17-2)5-4-11(13(10)18-3)16-9-14(8-15)6-7-14/h4-5,16H,6-9,15H2,1-3H3. The molecule has 0 unspecified atom stereocenters. The van der Waals surface area contributed by atoms with Crippen LogP contribution in [0.3, 0.4) is 0 Å². The van der Waals surface area contributed by atoms with Crippen molar-refractivity contribution in [2.24, 2.45) is 11.1 Å². The average Bonchev–Trinajstić information content (AvgIpc) is 3.17. The van der Waals surface area contributed by atoms with Gasteiger partial charge in [0.1, 0.15) is 11.5 Å². The highest BCUT2D eigenvalue weighted by Gasteiger charge is 2.40. The molecule has 0 aromatic heterocycles. The Bertz CT molecular complexity index is 428. The molecule has 0 radical (unpaired) electrons. The van der Waals surface area contributed by atoms with E-state index in [1.807, 2.05) is 19.1 Å². The van der Waals surface area contributed by atoms with E-state index in [-0.39, 0.29) is 0 Å². The molecule has 0 amide bonds. The molecular formula is C14H22N2O2. The molecule has 1 fully saturated rings. The van der Waals surface area contributed by atoms with Crippen molar-refractivity contribution in [3.8, 4) is 11.5 Å². The van der Waals surface area contributed by atoms with Gasteiger partial charge < -0.3 is 20.5 Å². The summed E-state index contributed by atoms with van der Waals surface area (Å²) in [5.74, 6) is 1.69. The summed E-state index contributed by atoms with van der Waals surface area (Å²) >= 11 is 0. The zero-order valence-corrected chi connectivity index (χ0v) is 11.4. The molecule has 1 aliphatic carbocycles. The lowest BCUT2D eigenvalue weighted by atomic mass is 10.1. The first-order valence-corrected chi connectivity index (χ1v) is 6.31. The molecule has 0 saturated heterocycles. The molecule has 1 aromatic carbocycles. The number of nitrogens with one attached hydrogen (secondary N) is 1. The van der Waals surface area contributed by atoms with Gasteiger partial charge in [0.25, 0.3) is 0 Å². The van der Waals surface area contributed by atoms with Crippen molar-refractivity contribution in [3.63, 3.8) is 0 Å². The van der Waals surface area contributed by atoms with Crippen LogP contribution in [0.5, 0.6) is 11.5 Å². The molecule has 0 spiro atoms. The minimum atomic E-state index is 0.304. The first-order valence-electron chi connectivity index (χ1n) is 6.31. The second-order valence-electron chi connectivity index (χ2n) is 5.03. The van der Waals surface area contributed by atoms with Crippen LogP contribution in [0, 0.1) is 12.3 Å². The molecule has 1 aliphatic rings. The maximum absolute atomic E-state index is 5.79. The normalized spacial score (nSPS) is 16.2. The number of methoxy groups -OCH3 is 2. The van der Waals surface area contributed by atoms with Gasteiger partial charge in [-0.25, -0.2) is 0 Å². The van der Waals surface area contributed by atoms with Crippen LogP contribution in [0.1, 0.15) is 18.4 Å². The quantitative estimate of drug-likeness (QED) is 0.812. The van der Waals surface area contributed by atoms with Crippen molar-refractivity contribution in [1.29, 1.82) is 0 Å². The molecular weight excluding hydrogens is 228 g/mol. The summed E-state index contributed by atoms with van der Waals surface area (Å²) < 4.78 is 10.8. The third kappa shape index (κ3) is 2.38. The van der Waals surface area contributed by atoms with Crippen molar-refractivity contribution < 1.29 is 9.47 Å². The van der Waals surface area contributed by atoms with E-state index in [4.69, 9.17) is 15.2 Å². The number of rotatable bonds is 6. The second-order valence-corrected chi connectivity index (χ2v) is 5.03. The van der Waals surface area contributed by atoms with Crippen LogP contribution in [0.15, 0.2) is 12.1 Å². The van der Waals surface area contributed by atoms with Crippen molar-refractivity contribution in [2.45, 2.75) is 19.8 Å². The highest BCUT2D eigenvalue weighted by atomic mass is 16.5. The first kappa shape index (κ1) is 13.0. The first-order chi connectivity index (χ1) is 8.65. The SMILES string of the molecule is COc1ccc(NCC2(CN)CC2)c(OC)c1C. The Labute approximate surface area is 108 Å². The fourth-order valence-electron chi connectivity index (χ4n) is 2.21. The van der Waals surface area contributed by atoms with E-state index < -0.39 is 0 Å². The van der Waals surface area contributed by atoms with Crippen molar-refractivity contribution in [1.82, 2.24) is 0 Å². The summed E-state index contributed by atoms with van der Waals surface area (Å²) in [6, 6.07) is 3.96. The monoisotopic (exact) mass is 250 g/mol. The van der Waals surface area contributed by atoms with E-state index in [0.717, 1.165) is 35.8 Å². The predicted octanol–water partition coefficient (Wildman–Crippen LogP) is 2.16. The van der Waals surface area contributed by atoms with E-state index in [0.29, 0.717) is 5.41 Å². The van der Waals surface area contributed by atoms with Gasteiger partial charge in [0, 0.05) is 12.1 Å². The summed E-state index contributed by atoms with van der Waals surface area (Å²) in [6.45, 7) is 3.65. The van der Waals surface area contributed by atoms with Crippen LogP contribution >= 0.6 is 0 Å². The molecule has 2 rings (SSSR count). The minimum Gasteiger partial charge on any atom is -0.496 e. The Morgan fingerprint density at radius 2 is 2.00 bits per heavy atom. The fraction of sp³-hybridized carbons (Fsp3) is 0.571. The third-order valence-electron chi connectivity index (χ3n) is 3.82. The van der Waals surface area contributed by atoms with Gasteiger partial charge in [-0.1, -0.05) is 0 Å². The van der Waals surface area contributed by atoms with Crippen LogP contribution < -0.4 is 20.5 Å². The van der Waals surface area contributed by atoms with Crippen molar-refractivity contribution >= 4 is 5.69 Å². The lowest BCUT2D eigenvalue weighted by Crippen LogP contribution is -2.24. The third-order valence-corrected chi connectivity index (χ3v) is 3.82. The fourth-order valence-corrected chi connectivity index (χ4v) is 2.21. The zero-order valence-electron chi connectivity index (χ0n) is 11.4. The molecule has 0 aliphatic heterocycles. The Hall–Kier alpha value is -1.42. The Morgan fingerprint density at radius 1 is 1.28 bits per heavy atom. The average molecular weight is 250 g/mol. The van der Waals surface area contributed by atoms with Gasteiger partial charge in [-0.3, -0.25) is 0 Å². The molecule has 3 N–H and O–H groups in total. The lowest BCUT2D eigenvalue weighted by molar-refractivity contribution is 0.389. The van der Waals surface area contributed by atoms with Gasteiger partial charge in [0.15, 0.2) is 0 Å². The predicted molar refractivity (Wildman–Crippen MR) is 73.5 cm³/mol. The molecule has 1 saturated carbocycles. The van der Waals surface area contributed by atoms with Crippen LogP contribution in [0.4, 0.5) is 5.69 Å². The number of ether oxygens (including phenoxy) is 2. The topological polar surface area (TPSA) is 56.5 Å². The highest BCUT2D eigenvalue weighted by molar-refractivity contribution is 5.64. The van der Waals surface area contributed by atoms with Crippen LogP contribution in [0.2, 0.25) is 0 Å². The summed E-state index contributed by atoms with van der Waals surface area (Å²) in [6.07, 6.45) is 2.43. The Balaban J connectivity index is 2.15. The summed E-state index contributed by atoms with van der Waals surface area (Å²) in [4.78, 5) is 0. The van der Waals surface area contributed by atoms with Gasteiger partial charge in [-0.15, -0.1) is 0 Å². The minimum absolute atomic E-state index is 0.304. The zero-order chi connectivity index (χ0) is 13.2. The summed E-state index contributed by atoms with van der Waals surface area (Å²) in [5, 5.41) is 3.45. The molecule has 18 heavy (non-hydrogen) atoms. The van der Waals surface area contributed by atoms with E-state index in [1.165, 1.54) is 12.8 Å². The van der Waals surface area contributed by atoms with Crippen LogP contribution in [0.25, 0.3) is 0 Å². The van der Waals surface area contributed by atoms with E-state index in [9.17, 15) is 0 Å². The molecule has 0 bridgehead atoms. The van der Waals surface area contributed by atoms with E-state index >= 15 is 0 Å². The maximum Gasteiger partial charge on any atom is 0.148 e. The number of hydrogen-bond acceptors (Lipinski definition) is 4. The molecule has 100 valence electrons. The van der Waals surface area contributed by atoms with Gasteiger partial charge in [-0.2, -0.15) is 0 Å². The number of hydrogen-bond donors (Lipinski definition) is 2. The number of anilines is 1. The van der Waals surface area contributed by atoms with Crippen LogP contribution in [-0.4, -0.2) is 27.3 Å². The molecule has 1 aromatic rings. The number of nitrogens with two attached hydrogens (primary N) is 1. The van der Waals surface area contributed by atoms with Crippen molar-refractivity contribution in [2.75, 3.05) is 32.6 Å².